The molecule has 0 bridgehead atoms. The number of carbonyl (C=O) groups is 2. The predicted octanol–water partition coefficient (Wildman–Crippen LogP) is 3.30. The summed E-state index contributed by atoms with van der Waals surface area (Å²) in [6, 6.07) is 11.4. The fraction of sp³-hybridized carbons (Fsp3) is 0.400. The quantitative estimate of drug-likeness (QED) is 0.849. The molecule has 2 atom stereocenters. The molecule has 0 radical (unpaired) electrons. The highest BCUT2D eigenvalue weighted by molar-refractivity contribution is 7.09. The van der Waals surface area contributed by atoms with Gasteiger partial charge in [0.2, 0.25) is 0 Å². The van der Waals surface area contributed by atoms with E-state index < -0.39 is 5.41 Å². The van der Waals surface area contributed by atoms with Crippen molar-refractivity contribution in [1.82, 2.24) is 9.80 Å². The van der Waals surface area contributed by atoms with E-state index in [0.29, 0.717) is 24.2 Å². The number of ketones is 1. The molecule has 2 aliphatic rings. The monoisotopic (exact) mass is 354 g/mol. The highest BCUT2D eigenvalue weighted by Crippen LogP contribution is 2.41. The van der Waals surface area contributed by atoms with Gasteiger partial charge in [-0.1, -0.05) is 24.3 Å². The van der Waals surface area contributed by atoms with E-state index in [1.807, 2.05) is 30.9 Å². The SMILES string of the molecule is CCN1C(=O)c2ccccc2C(=O)[C@@]2(C)CN(Cc3cccs3)C[C@@H]12. The molecule has 2 aromatic rings. The molecule has 0 unspecified atom stereocenters. The van der Waals surface area contributed by atoms with Gasteiger partial charge in [0.15, 0.2) is 5.78 Å². The van der Waals surface area contributed by atoms with Crippen molar-refractivity contribution in [2.24, 2.45) is 5.41 Å². The first-order chi connectivity index (χ1) is 12.0. The van der Waals surface area contributed by atoms with Crippen molar-refractivity contribution in [2.75, 3.05) is 19.6 Å². The molecular formula is C20H22N2O2S. The van der Waals surface area contributed by atoms with E-state index in [1.165, 1.54) is 4.88 Å². The van der Waals surface area contributed by atoms with Gasteiger partial charge < -0.3 is 4.90 Å². The van der Waals surface area contributed by atoms with Crippen LogP contribution in [0.2, 0.25) is 0 Å². The van der Waals surface area contributed by atoms with Gasteiger partial charge in [0.25, 0.3) is 5.91 Å². The lowest BCUT2D eigenvalue weighted by molar-refractivity contribution is 0.0560. The molecule has 1 fully saturated rings. The Kier molecular flexibility index (Phi) is 4.01. The topological polar surface area (TPSA) is 40.6 Å². The van der Waals surface area contributed by atoms with Gasteiger partial charge in [-0.2, -0.15) is 0 Å². The van der Waals surface area contributed by atoms with E-state index in [0.717, 1.165) is 13.1 Å². The van der Waals surface area contributed by atoms with Crippen LogP contribution < -0.4 is 0 Å². The van der Waals surface area contributed by atoms with Crippen molar-refractivity contribution in [1.29, 1.82) is 0 Å². The Hall–Kier alpha value is -1.98. The fourth-order valence-electron chi connectivity index (χ4n) is 4.33. The lowest BCUT2D eigenvalue weighted by Crippen LogP contribution is -2.49. The van der Waals surface area contributed by atoms with Crippen molar-refractivity contribution in [3.05, 3.63) is 57.8 Å². The molecule has 0 spiro atoms. The van der Waals surface area contributed by atoms with E-state index >= 15 is 0 Å². The van der Waals surface area contributed by atoms with Crippen LogP contribution >= 0.6 is 11.3 Å². The van der Waals surface area contributed by atoms with Crippen LogP contribution in [0, 0.1) is 5.41 Å². The Balaban J connectivity index is 1.74. The van der Waals surface area contributed by atoms with Gasteiger partial charge >= 0.3 is 0 Å². The van der Waals surface area contributed by atoms with Crippen molar-refractivity contribution in [3.8, 4) is 0 Å². The van der Waals surface area contributed by atoms with E-state index in [4.69, 9.17) is 0 Å². The second-order valence-electron chi connectivity index (χ2n) is 7.15. The molecule has 25 heavy (non-hydrogen) atoms. The van der Waals surface area contributed by atoms with Crippen LogP contribution in [-0.2, 0) is 6.54 Å². The van der Waals surface area contributed by atoms with Crippen LogP contribution in [0.3, 0.4) is 0 Å². The number of nitrogens with zero attached hydrogens (tertiary/aromatic N) is 2. The highest BCUT2D eigenvalue weighted by Gasteiger charge is 2.54. The molecule has 1 saturated heterocycles. The summed E-state index contributed by atoms with van der Waals surface area (Å²) < 4.78 is 0. The Labute approximate surface area is 152 Å². The summed E-state index contributed by atoms with van der Waals surface area (Å²) in [6.45, 7) is 6.92. The van der Waals surface area contributed by atoms with Gasteiger partial charge in [-0.15, -0.1) is 11.3 Å². The lowest BCUT2D eigenvalue weighted by Gasteiger charge is -2.34. The minimum atomic E-state index is -0.560. The first-order valence-corrected chi connectivity index (χ1v) is 9.62. The number of benzene rings is 1. The third-order valence-electron chi connectivity index (χ3n) is 5.58. The largest absolute Gasteiger partial charge is 0.334 e. The third kappa shape index (κ3) is 2.53. The van der Waals surface area contributed by atoms with Crippen LogP contribution in [0.5, 0.6) is 0 Å². The van der Waals surface area contributed by atoms with Crippen LogP contribution in [0.15, 0.2) is 41.8 Å². The molecule has 1 aromatic carbocycles. The number of thiophene rings is 1. The standard InChI is InChI=1S/C20H22N2O2S/c1-3-22-17-12-21(11-14-7-6-10-25-14)13-20(17,2)18(23)15-8-4-5-9-16(15)19(22)24/h4-10,17H,3,11-13H2,1-2H3/t17-,20+/m1/s1. The molecule has 3 heterocycles. The van der Waals surface area contributed by atoms with E-state index in [9.17, 15) is 9.59 Å². The van der Waals surface area contributed by atoms with Crippen molar-refractivity contribution >= 4 is 23.0 Å². The molecular weight excluding hydrogens is 332 g/mol. The molecule has 1 amide bonds. The Morgan fingerprint density at radius 1 is 1.16 bits per heavy atom. The fourth-order valence-corrected chi connectivity index (χ4v) is 5.07. The van der Waals surface area contributed by atoms with Crippen LogP contribution in [-0.4, -0.2) is 47.2 Å². The first kappa shape index (κ1) is 16.5. The molecule has 1 aromatic heterocycles. The Morgan fingerprint density at radius 2 is 1.92 bits per heavy atom. The summed E-state index contributed by atoms with van der Waals surface area (Å²) in [7, 11) is 0. The number of hydrogen-bond acceptors (Lipinski definition) is 4. The molecule has 0 aliphatic carbocycles. The average molecular weight is 354 g/mol. The zero-order valence-electron chi connectivity index (χ0n) is 14.6. The second-order valence-corrected chi connectivity index (χ2v) is 8.18. The number of hydrogen-bond donors (Lipinski definition) is 0. The maximum atomic E-state index is 13.4. The predicted molar refractivity (Wildman–Crippen MR) is 99.0 cm³/mol. The van der Waals surface area contributed by atoms with Gasteiger partial charge in [-0.3, -0.25) is 14.5 Å². The van der Waals surface area contributed by atoms with E-state index in [2.05, 4.69) is 22.4 Å². The number of carbonyl (C=O) groups excluding carboxylic acids is 2. The normalized spacial score (nSPS) is 26.5. The zero-order chi connectivity index (χ0) is 17.6. The van der Waals surface area contributed by atoms with Crippen molar-refractivity contribution in [2.45, 2.75) is 26.4 Å². The summed E-state index contributed by atoms with van der Waals surface area (Å²) in [5.41, 5.74) is 0.568. The Morgan fingerprint density at radius 3 is 2.60 bits per heavy atom. The molecule has 4 rings (SSSR count). The average Bonchev–Trinajstić information content (AvgIpc) is 3.22. The number of likely N-dealkylation sites (N-methyl/N-ethyl adjacent to an activating group) is 1. The summed E-state index contributed by atoms with van der Waals surface area (Å²) >= 11 is 1.74. The molecule has 130 valence electrons. The van der Waals surface area contributed by atoms with Crippen LogP contribution in [0.1, 0.15) is 39.4 Å². The minimum Gasteiger partial charge on any atom is -0.334 e. The Bertz CT molecular complexity index is 817. The number of Topliss-reactive ketones (excluding diaryl/α,β-unsaturated/α-hetero) is 1. The second kappa shape index (κ2) is 6.07. The van der Waals surface area contributed by atoms with Gasteiger partial charge in [0.05, 0.1) is 17.0 Å². The van der Waals surface area contributed by atoms with Crippen LogP contribution in [0.4, 0.5) is 0 Å². The maximum Gasteiger partial charge on any atom is 0.254 e. The van der Waals surface area contributed by atoms with Crippen LogP contribution in [0.25, 0.3) is 0 Å². The van der Waals surface area contributed by atoms with Gasteiger partial charge in [0, 0.05) is 36.6 Å². The third-order valence-corrected chi connectivity index (χ3v) is 6.44. The summed E-state index contributed by atoms with van der Waals surface area (Å²) in [6.07, 6.45) is 0. The molecule has 0 N–H and O–H groups in total. The number of fused-ring (bicyclic) bond motifs is 2. The van der Waals surface area contributed by atoms with E-state index in [-0.39, 0.29) is 17.7 Å². The van der Waals surface area contributed by atoms with Crippen molar-refractivity contribution in [3.63, 3.8) is 0 Å². The maximum absolute atomic E-state index is 13.4. The van der Waals surface area contributed by atoms with Crippen molar-refractivity contribution < 1.29 is 9.59 Å². The minimum absolute atomic E-state index is 0.0156. The van der Waals surface area contributed by atoms with Gasteiger partial charge in [-0.05, 0) is 31.4 Å². The smallest absolute Gasteiger partial charge is 0.254 e. The zero-order valence-corrected chi connectivity index (χ0v) is 15.4. The highest BCUT2D eigenvalue weighted by atomic mass is 32.1. The first-order valence-electron chi connectivity index (χ1n) is 8.74. The molecule has 4 nitrogen and oxygen atoms in total. The summed E-state index contributed by atoms with van der Waals surface area (Å²) in [5.74, 6) is 0.0872. The van der Waals surface area contributed by atoms with Gasteiger partial charge in [0.1, 0.15) is 0 Å². The molecule has 5 heteroatoms. The molecule has 0 saturated carbocycles. The summed E-state index contributed by atoms with van der Waals surface area (Å²) in [4.78, 5) is 32.0. The van der Waals surface area contributed by atoms with Gasteiger partial charge in [-0.25, -0.2) is 0 Å². The lowest BCUT2D eigenvalue weighted by atomic mass is 9.78. The number of likely N-dealkylation sites (tertiary alicyclic amines) is 1. The number of amides is 1. The number of rotatable bonds is 3. The molecule has 2 aliphatic heterocycles. The van der Waals surface area contributed by atoms with E-state index in [1.54, 1.807) is 23.5 Å². The summed E-state index contributed by atoms with van der Waals surface area (Å²) in [5, 5.41) is 2.08.